The molecule has 0 N–H and O–H groups in total. The van der Waals surface area contributed by atoms with Crippen molar-refractivity contribution in [2.24, 2.45) is 0 Å². The molecular weight excluding hydrogens is 454 g/mol. The Kier molecular flexibility index (Phi) is 4.99. The van der Waals surface area contributed by atoms with Crippen LogP contribution in [0.1, 0.15) is 39.7 Å². The second-order valence-electron chi connectivity index (χ2n) is 7.73. The normalized spacial score (nSPS) is 15.7. The molecule has 1 fully saturated rings. The van der Waals surface area contributed by atoms with Crippen LogP contribution < -0.4 is 10.3 Å². The van der Waals surface area contributed by atoms with Gasteiger partial charge in [0, 0.05) is 30.2 Å². The highest BCUT2D eigenvalue weighted by Crippen LogP contribution is 2.41. The molecule has 2 aromatic heterocycles. The summed E-state index contributed by atoms with van der Waals surface area (Å²) < 4.78 is 75.9. The van der Waals surface area contributed by atoms with Crippen LogP contribution in [0.5, 0.6) is 0 Å². The Labute approximate surface area is 182 Å². The molecular formula is C20H14BF5N2O3S. The molecule has 0 radical (unpaired) electrons. The summed E-state index contributed by atoms with van der Waals surface area (Å²) in [5, 5.41) is 0.875. The molecule has 12 heteroatoms. The molecule has 0 bridgehead atoms. The summed E-state index contributed by atoms with van der Waals surface area (Å²) in [5.74, 6) is -6.01. The SMILES string of the molecule is O=C(OB(F)F)c1cn(C2CC2)c2c(F)c(N3CCc4sccc4C3)c(F)c(F)c2c1=O. The fourth-order valence-electron chi connectivity index (χ4n) is 4.13. The van der Waals surface area contributed by atoms with E-state index in [2.05, 4.69) is 4.65 Å². The molecule has 32 heavy (non-hydrogen) atoms. The van der Waals surface area contributed by atoms with E-state index in [1.807, 2.05) is 11.4 Å². The van der Waals surface area contributed by atoms with Crippen LogP contribution in [0.25, 0.3) is 10.9 Å². The van der Waals surface area contributed by atoms with Crippen LogP contribution in [-0.2, 0) is 17.6 Å². The Morgan fingerprint density at radius 1 is 1.16 bits per heavy atom. The third-order valence-corrected chi connectivity index (χ3v) is 6.77. The summed E-state index contributed by atoms with van der Waals surface area (Å²) in [4.78, 5) is 27.2. The zero-order valence-electron chi connectivity index (χ0n) is 16.3. The first kappa shape index (κ1) is 21.0. The van der Waals surface area contributed by atoms with Crippen LogP contribution in [-0.4, -0.2) is 24.6 Å². The topological polar surface area (TPSA) is 51.5 Å². The lowest BCUT2D eigenvalue weighted by Gasteiger charge is -2.30. The van der Waals surface area contributed by atoms with Crippen LogP contribution in [0.2, 0.25) is 0 Å². The molecule has 0 saturated heterocycles. The molecule has 0 spiro atoms. The molecule has 0 amide bonds. The number of rotatable bonds is 4. The van der Waals surface area contributed by atoms with Gasteiger partial charge in [-0.3, -0.25) is 4.79 Å². The molecule has 166 valence electrons. The number of carbonyl (C=O) groups is 1. The van der Waals surface area contributed by atoms with Gasteiger partial charge in [0.2, 0.25) is 5.43 Å². The Morgan fingerprint density at radius 2 is 1.91 bits per heavy atom. The van der Waals surface area contributed by atoms with Crippen molar-refractivity contribution in [1.82, 2.24) is 4.57 Å². The number of aromatic nitrogens is 1. The van der Waals surface area contributed by atoms with E-state index in [-0.39, 0.29) is 19.1 Å². The van der Waals surface area contributed by atoms with Gasteiger partial charge in [-0.1, -0.05) is 0 Å². The van der Waals surface area contributed by atoms with Crippen molar-refractivity contribution in [3.05, 3.63) is 61.3 Å². The van der Waals surface area contributed by atoms with Gasteiger partial charge in [-0.15, -0.1) is 11.3 Å². The summed E-state index contributed by atoms with van der Waals surface area (Å²) in [6, 6.07) is 1.45. The molecule has 0 unspecified atom stereocenters. The number of pyridine rings is 1. The minimum atomic E-state index is -3.51. The van der Waals surface area contributed by atoms with Crippen molar-refractivity contribution in [3.8, 4) is 0 Å². The van der Waals surface area contributed by atoms with Crippen LogP contribution >= 0.6 is 11.3 Å². The number of carbonyl (C=O) groups excluding carboxylic acids is 1. The predicted molar refractivity (Wildman–Crippen MR) is 109 cm³/mol. The van der Waals surface area contributed by atoms with Gasteiger partial charge in [-0.2, -0.15) is 0 Å². The molecule has 1 saturated carbocycles. The molecule has 0 atom stereocenters. The fourth-order valence-corrected chi connectivity index (χ4v) is 5.02. The molecule has 1 aromatic carbocycles. The van der Waals surface area contributed by atoms with Crippen molar-refractivity contribution < 1.29 is 31.3 Å². The van der Waals surface area contributed by atoms with Crippen LogP contribution in [0.15, 0.2) is 22.4 Å². The van der Waals surface area contributed by atoms with E-state index in [1.54, 1.807) is 0 Å². The third-order valence-electron chi connectivity index (χ3n) is 5.75. The first-order chi connectivity index (χ1) is 15.3. The number of hydrogen-bond donors (Lipinski definition) is 0. The number of nitrogens with zero attached hydrogens (tertiary/aromatic N) is 2. The van der Waals surface area contributed by atoms with E-state index >= 15 is 13.2 Å². The Bertz CT molecular complexity index is 1320. The van der Waals surface area contributed by atoms with Crippen LogP contribution in [0.4, 0.5) is 27.5 Å². The van der Waals surface area contributed by atoms with Gasteiger partial charge in [-0.05, 0) is 36.3 Å². The number of fused-ring (bicyclic) bond motifs is 2. The highest BCUT2D eigenvalue weighted by Gasteiger charge is 2.35. The van der Waals surface area contributed by atoms with Crippen molar-refractivity contribution in [2.75, 3.05) is 11.4 Å². The second-order valence-corrected chi connectivity index (χ2v) is 8.73. The minimum Gasteiger partial charge on any atom is -0.474 e. The Balaban J connectivity index is 1.74. The summed E-state index contributed by atoms with van der Waals surface area (Å²) in [7, 11) is -3.51. The van der Waals surface area contributed by atoms with Gasteiger partial charge in [-0.25, -0.2) is 26.6 Å². The molecule has 5 nitrogen and oxygen atoms in total. The maximum absolute atomic E-state index is 15.7. The molecule has 5 rings (SSSR count). The van der Waals surface area contributed by atoms with Gasteiger partial charge in [0.15, 0.2) is 17.5 Å². The highest BCUT2D eigenvalue weighted by molar-refractivity contribution is 7.10. The zero-order valence-corrected chi connectivity index (χ0v) is 17.2. The molecule has 2 aliphatic rings. The number of halogens is 5. The first-order valence-corrected chi connectivity index (χ1v) is 10.7. The van der Waals surface area contributed by atoms with Crippen LogP contribution in [0, 0.1) is 17.5 Å². The van der Waals surface area contributed by atoms with Crippen molar-refractivity contribution >= 4 is 41.4 Å². The van der Waals surface area contributed by atoms with E-state index in [0.717, 1.165) is 21.2 Å². The lowest BCUT2D eigenvalue weighted by Crippen LogP contribution is -2.32. The summed E-state index contributed by atoms with van der Waals surface area (Å²) in [6.45, 7) is 0.419. The number of hydrogen-bond acceptors (Lipinski definition) is 5. The minimum absolute atomic E-state index is 0.171. The average molecular weight is 468 g/mol. The first-order valence-electron chi connectivity index (χ1n) is 9.82. The van der Waals surface area contributed by atoms with Crippen molar-refractivity contribution in [1.29, 1.82) is 0 Å². The summed E-state index contributed by atoms with van der Waals surface area (Å²) in [6.07, 6.45) is 2.50. The molecule has 1 aliphatic carbocycles. The maximum atomic E-state index is 15.7. The number of anilines is 1. The van der Waals surface area contributed by atoms with Crippen molar-refractivity contribution in [3.63, 3.8) is 0 Å². The monoisotopic (exact) mass is 468 g/mol. The van der Waals surface area contributed by atoms with E-state index in [9.17, 15) is 18.2 Å². The standard InChI is InChI=1S/C20H14BF5N2O3S/c22-14-13-17(28(10-1-2-10)8-11(19(13)29)20(30)31-21(25)26)16(24)18(15(14)23)27-5-3-12-9(7-27)4-6-32-12/h4,6,8,10H,1-3,5,7H2. The Morgan fingerprint density at radius 3 is 2.59 bits per heavy atom. The van der Waals surface area contributed by atoms with Crippen LogP contribution in [0.3, 0.4) is 0 Å². The van der Waals surface area contributed by atoms with Gasteiger partial charge < -0.3 is 14.1 Å². The quantitative estimate of drug-likeness (QED) is 0.323. The van der Waals surface area contributed by atoms with E-state index in [4.69, 9.17) is 0 Å². The van der Waals surface area contributed by atoms with Gasteiger partial charge in [0.25, 0.3) is 0 Å². The number of thiophene rings is 1. The molecule has 3 heterocycles. The third kappa shape index (κ3) is 3.28. The van der Waals surface area contributed by atoms with E-state index in [1.165, 1.54) is 16.2 Å². The van der Waals surface area contributed by atoms with Gasteiger partial charge >= 0.3 is 13.4 Å². The zero-order chi connectivity index (χ0) is 22.7. The van der Waals surface area contributed by atoms with Crippen molar-refractivity contribution in [2.45, 2.75) is 31.8 Å². The number of benzene rings is 1. The lowest BCUT2D eigenvalue weighted by atomic mass is 10.0. The smallest absolute Gasteiger partial charge is 0.474 e. The van der Waals surface area contributed by atoms with E-state index < -0.39 is 58.5 Å². The van der Waals surface area contributed by atoms with Gasteiger partial charge in [0.05, 0.1) is 10.9 Å². The van der Waals surface area contributed by atoms with E-state index in [0.29, 0.717) is 19.3 Å². The molecule has 3 aromatic rings. The molecule has 1 aliphatic heterocycles. The maximum Gasteiger partial charge on any atom is 0.798 e. The van der Waals surface area contributed by atoms with Gasteiger partial charge in [0.1, 0.15) is 11.3 Å². The second kappa shape index (κ2) is 7.61. The fraction of sp³-hybridized carbons (Fsp3) is 0.300. The largest absolute Gasteiger partial charge is 0.798 e. The summed E-state index contributed by atoms with van der Waals surface area (Å²) >= 11 is 1.53. The Hall–Kier alpha value is -2.89. The lowest BCUT2D eigenvalue weighted by molar-refractivity contribution is 0.0693. The average Bonchev–Trinajstić information content (AvgIpc) is 3.48. The summed E-state index contributed by atoms with van der Waals surface area (Å²) in [5.41, 5.74) is -2.51. The highest BCUT2D eigenvalue weighted by atomic mass is 32.1. The predicted octanol–water partition coefficient (Wildman–Crippen LogP) is 4.46.